The summed E-state index contributed by atoms with van der Waals surface area (Å²) in [7, 11) is 0. The first-order chi connectivity index (χ1) is 13.6. The van der Waals surface area contributed by atoms with Gasteiger partial charge < -0.3 is 14.4 Å². The quantitative estimate of drug-likeness (QED) is 0.800. The number of amides is 2. The number of aromatic nitrogens is 2. The van der Waals surface area contributed by atoms with Crippen molar-refractivity contribution in [2.75, 3.05) is 26.2 Å². The standard InChI is InChI=1S/C22H28N4O2/c27-20-7-10-22(17-26(20)13-8-19-5-2-1-3-6-19)9-4-12-25(16-22)21(28)15-24-14-11-23-18-24/h1-3,5-6,11,14,18H,4,7-10,12-13,15-17H2/t22-/m0/s1. The molecule has 4 rings (SSSR count). The number of carbonyl (C=O) groups is 2. The normalized spacial score (nSPS) is 22.6. The Morgan fingerprint density at radius 1 is 1.14 bits per heavy atom. The molecule has 1 aromatic heterocycles. The average Bonchev–Trinajstić information content (AvgIpc) is 3.23. The van der Waals surface area contributed by atoms with Gasteiger partial charge in [-0.3, -0.25) is 9.59 Å². The van der Waals surface area contributed by atoms with Gasteiger partial charge in [-0.25, -0.2) is 4.98 Å². The Morgan fingerprint density at radius 3 is 2.79 bits per heavy atom. The molecule has 2 saturated heterocycles. The molecule has 2 aromatic rings. The highest BCUT2D eigenvalue weighted by Gasteiger charge is 2.42. The summed E-state index contributed by atoms with van der Waals surface area (Å²) in [5.41, 5.74) is 1.31. The minimum absolute atomic E-state index is 0.0491. The molecule has 0 saturated carbocycles. The van der Waals surface area contributed by atoms with Crippen molar-refractivity contribution < 1.29 is 9.59 Å². The van der Waals surface area contributed by atoms with Crippen LogP contribution in [-0.4, -0.2) is 57.3 Å². The highest BCUT2D eigenvalue weighted by molar-refractivity contribution is 5.78. The number of benzene rings is 1. The van der Waals surface area contributed by atoms with E-state index in [0.717, 1.165) is 51.9 Å². The van der Waals surface area contributed by atoms with Crippen molar-refractivity contribution in [1.29, 1.82) is 0 Å². The molecule has 2 fully saturated rings. The second kappa shape index (κ2) is 8.17. The number of imidazole rings is 1. The van der Waals surface area contributed by atoms with Gasteiger partial charge in [-0.15, -0.1) is 0 Å². The van der Waals surface area contributed by atoms with Gasteiger partial charge in [0.25, 0.3) is 0 Å². The summed E-state index contributed by atoms with van der Waals surface area (Å²) in [6, 6.07) is 10.3. The second-order valence-electron chi connectivity index (χ2n) is 8.20. The topological polar surface area (TPSA) is 58.4 Å². The molecule has 6 heteroatoms. The maximum Gasteiger partial charge on any atom is 0.242 e. The molecule has 148 valence electrons. The Kier molecular flexibility index (Phi) is 5.46. The van der Waals surface area contributed by atoms with Crippen LogP contribution in [-0.2, 0) is 22.6 Å². The molecule has 2 amide bonds. The van der Waals surface area contributed by atoms with Crippen molar-refractivity contribution >= 4 is 11.8 Å². The summed E-state index contributed by atoms with van der Waals surface area (Å²) in [5.74, 6) is 0.397. The van der Waals surface area contributed by atoms with Gasteiger partial charge in [-0.1, -0.05) is 30.3 Å². The zero-order valence-corrected chi connectivity index (χ0v) is 16.3. The third-order valence-electron chi connectivity index (χ3n) is 6.15. The van der Waals surface area contributed by atoms with Gasteiger partial charge in [-0.2, -0.15) is 0 Å². The van der Waals surface area contributed by atoms with Crippen molar-refractivity contribution in [1.82, 2.24) is 19.4 Å². The Bertz CT molecular complexity index is 805. The fraction of sp³-hybridized carbons (Fsp3) is 0.500. The molecule has 3 heterocycles. The molecule has 1 aromatic carbocycles. The van der Waals surface area contributed by atoms with Gasteiger partial charge in [0.05, 0.1) is 6.33 Å². The molecule has 0 N–H and O–H groups in total. The van der Waals surface area contributed by atoms with Gasteiger partial charge >= 0.3 is 0 Å². The lowest BCUT2D eigenvalue weighted by Gasteiger charge is -2.48. The van der Waals surface area contributed by atoms with E-state index in [2.05, 4.69) is 17.1 Å². The second-order valence-corrected chi connectivity index (χ2v) is 8.20. The van der Waals surface area contributed by atoms with Crippen molar-refractivity contribution in [3.8, 4) is 0 Å². The molecular weight excluding hydrogens is 352 g/mol. The monoisotopic (exact) mass is 380 g/mol. The Balaban J connectivity index is 1.38. The molecule has 6 nitrogen and oxygen atoms in total. The van der Waals surface area contributed by atoms with Crippen LogP contribution in [0, 0.1) is 5.41 Å². The summed E-state index contributed by atoms with van der Waals surface area (Å²) < 4.78 is 1.82. The van der Waals surface area contributed by atoms with Crippen LogP contribution in [0.5, 0.6) is 0 Å². The smallest absolute Gasteiger partial charge is 0.242 e. The lowest BCUT2D eigenvalue weighted by molar-refractivity contribution is -0.143. The van der Waals surface area contributed by atoms with E-state index in [-0.39, 0.29) is 17.2 Å². The third kappa shape index (κ3) is 4.26. The number of likely N-dealkylation sites (tertiary alicyclic amines) is 2. The van der Waals surface area contributed by atoms with Gasteiger partial charge in [0.2, 0.25) is 11.8 Å². The molecule has 28 heavy (non-hydrogen) atoms. The number of nitrogens with zero attached hydrogens (tertiary/aromatic N) is 4. The summed E-state index contributed by atoms with van der Waals surface area (Å²) in [6.07, 6.45) is 9.67. The highest BCUT2D eigenvalue weighted by atomic mass is 16.2. The Hall–Kier alpha value is -2.63. The zero-order valence-electron chi connectivity index (χ0n) is 16.3. The summed E-state index contributed by atoms with van der Waals surface area (Å²) in [6.45, 7) is 3.44. The van der Waals surface area contributed by atoms with E-state index in [4.69, 9.17) is 0 Å². The van der Waals surface area contributed by atoms with Crippen LogP contribution in [0.25, 0.3) is 0 Å². The predicted molar refractivity (Wildman–Crippen MR) is 106 cm³/mol. The number of carbonyl (C=O) groups excluding carboxylic acids is 2. The van der Waals surface area contributed by atoms with Gasteiger partial charge in [0, 0.05) is 50.4 Å². The molecule has 0 bridgehead atoms. The van der Waals surface area contributed by atoms with Gasteiger partial charge in [0.15, 0.2) is 0 Å². The van der Waals surface area contributed by atoms with E-state index >= 15 is 0 Å². The first-order valence-electron chi connectivity index (χ1n) is 10.2. The number of hydrogen-bond donors (Lipinski definition) is 0. The summed E-state index contributed by atoms with van der Waals surface area (Å²) in [4.78, 5) is 33.3. The van der Waals surface area contributed by atoms with Crippen molar-refractivity contribution in [3.63, 3.8) is 0 Å². The van der Waals surface area contributed by atoms with Crippen LogP contribution in [0.3, 0.4) is 0 Å². The predicted octanol–water partition coefficient (Wildman–Crippen LogP) is 2.36. The van der Waals surface area contributed by atoms with E-state index in [1.165, 1.54) is 5.56 Å². The third-order valence-corrected chi connectivity index (χ3v) is 6.15. The summed E-state index contributed by atoms with van der Waals surface area (Å²) >= 11 is 0. The lowest BCUT2D eigenvalue weighted by Crippen LogP contribution is -2.55. The van der Waals surface area contributed by atoms with Crippen LogP contribution in [0.1, 0.15) is 31.2 Å². The fourth-order valence-corrected chi connectivity index (χ4v) is 4.61. The molecule has 1 spiro atoms. The van der Waals surface area contributed by atoms with Gasteiger partial charge in [0.1, 0.15) is 6.54 Å². The van der Waals surface area contributed by atoms with E-state index in [1.807, 2.05) is 38.8 Å². The lowest BCUT2D eigenvalue weighted by atomic mass is 9.73. The minimum atomic E-state index is 0.0491. The first-order valence-corrected chi connectivity index (χ1v) is 10.2. The molecule has 0 aliphatic carbocycles. The number of piperidine rings is 2. The Morgan fingerprint density at radius 2 is 2.00 bits per heavy atom. The average molecular weight is 380 g/mol. The number of rotatable bonds is 5. The molecule has 1 atom stereocenters. The maximum atomic E-state index is 12.7. The Labute approximate surface area is 166 Å². The van der Waals surface area contributed by atoms with E-state index in [0.29, 0.717) is 13.0 Å². The molecule has 2 aliphatic heterocycles. The largest absolute Gasteiger partial charge is 0.342 e. The zero-order chi connectivity index (χ0) is 19.4. The van der Waals surface area contributed by atoms with E-state index < -0.39 is 0 Å². The van der Waals surface area contributed by atoms with Crippen LogP contribution in [0.15, 0.2) is 49.1 Å². The van der Waals surface area contributed by atoms with E-state index in [9.17, 15) is 9.59 Å². The molecular formula is C22H28N4O2. The van der Waals surface area contributed by atoms with Crippen molar-refractivity contribution in [3.05, 3.63) is 54.6 Å². The minimum Gasteiger partial charge on any atom is -0.342 e. The fourth-order valence-electron chi connectivity index (χ4n) is 4.61. The first kappa shape index (κ1) is 18.7. The summed E-state index contributed by atoms with van der Waals surface area (Å²) in [5, 5.41) is 0. The van der Waals surface area contributed by atoms with Crippen LogP contribution in [0.4, 0.5) is 0 Å². The number of hydrogen-bond acceptors (Lipinski definition) is 3. The molecule has 2 aliphatic rings. The SMILES string of the molecule is O=C1CC[C@]2(CCCN(C(=O)Cn3ccnc3)C2)CN1CCc1ccccc1. The highest BCUT2D eigenvalue weighted by Crippen LogP contribution is 2.39. The van der Waals surface area contributed by atoms with Crippen LogP contribution >= 0.6 is 0 Å². The van der Waals surface area contributed by atoms with E-state index in [1.54, 1.807) is 12.5 Å². The van der Waals surface area contributed by atoms with Crippen LogP contribution in [0.2, 0.25) is 0 Å². The van der Waals surface area contributed by atoms with Crippen molar-refractivity contribution in [2.45, 2.75) is 38.6 Å². The molecule has 0 radical (unpaired) electrons. The molecule has 0 unspecified atom stereocenters. The maximum absolute atomic E-state index is 12.7. The van der Waals surface area contributed by atoms with Crippen LogP contribution < -0.4 is 0 Å². The van der Waals surface area contributed by atoms with Gasteiger partial charge in [-0.05, 0) is 31.2 Å². The van der Waals surface area contributed by atoms with Crippen molar-refractivity contribution in [2.24, 2.45) is 5.41 Å².